The number of carbonyl (C=O) groups excluding carboxylic acids is 2. The minimum Gasteiger partial charge on any atom is -0.507 e. The summed E-state index contributed by atoms with van der Waals surface area (Å²) in [6.45, 7) is 0.0372. The third-order valence-corrected chi connectivity index (χ3v) is 6.48. The van der Waals surface area contributed by atoms with Gasteiger partial charge in [-0.25, -0.2) is 13.6 Å². The summed E-state index contributed by atoms with van der Waals surface area (Å²) in [4.78, 5) is 31.3. The van der Waals surface area contributed by atoms with Crippen molar-refractivity contribution in [1.29, 1.82) is 0 Å². The minimum atomic E-state index is -3.95. The minimum absolute atomic E-state index is 0.0372. The Balaban J connectivity index is 1.67. The summed E-state index contributed by atoms with van der Waals surface area (Å²) >= 11 is 0. The maximum atomic E-state index is 13.2. The van der Waals surface area contributed by atoms with E-state index in [-0.39, 0.29) is 34.3 Å². The van der Waals surface area contributed by atoms with Crippen molar-refractivity contribution in [2.45, 2.75) is 10.9 Å². The second-order valence-corrected chi connectivity index (χ2v) is 9.12. The van der Waals surface area contributed by atoms with Crippen molar-refractivity contribution in [2.75, 3.05) is 11.7 Å². The van der Waals surface area contributed by atoms with Crippen molar-refractivity contribution in [1.82, 2.24) is 4.98 Å². The maximum absolute atomic E-state index is 13.2. The third kappa shape index (κ3) is 3.56. The van der Waals surface area contributed by atoms with Gasteiger partial charge in [0.05, 0.1) is 16.5 Å². The van der Waals surface area contributed by atoms with Crippen molar-refractivity contribution < 1.29 is 32.6 Å². The molecule has 0 bridgehead atoms. The summed E-state index contributed by atoms with van der Waals surface area (Å²) < 4.78 is 33.9. The molecule has 2 aliphatic rings. The molecule has 1 atom stereocenters. The van der Waals surface area contributed by atoms with E-state index in [9.17, 15) is 23.1 Å². The molecule has 11 heteroatoms. The van der Waals surface area contributed by atoms with E-state index in [4.69, 9.17) is 14.6 Å². The number of sulfonamides is 1. The van der Waals surface area contributed by atoms with Crippen molar-refractivity contribution in [3.05, 3.63) is 83.7 Å². The normalized spacial score (nSPS) is 19.0. The van der Waals surface area contributed by atoms with Crippen LogP contribution in [0.15, 0.2) is 77.5 Å². The van der Waals surface area contributed by atoms with Crippen molar-refractivity contribution in [3.8, 4) is 11.5 Å². The smallest absolute Gasteiger partial charge is 0.300 e. The number of fused-ring (bicyclic) bond motifs is 1. The monoisotopic (exact) mass is 479 g/mol. The molecule has 10 nitrogen and oxygen atoms in total. The number of amides is 1. The Bertz CT molecular complexity index is 1450. The van der Waals surface area contributed by atoms with E-state index < -0.39 is 27.8 Å². The molecule has 2 aliphatic heterocycles. The number of anilines is 1. The average molecular weight is 479 g/mol. The molecule has 34 heavy (non-hydrogen) atoms. The highest BCUT2D eigenvalue weighted by Crippen LogP contribution is 2.43. The molecule has 1 aromatic heterocycles. The highest BCUT2D eigenvalue weighted by atomic mass is 32.2. The Morgan fingerprint density at radius 2 is 1.68 bits per heavy atom. The molecule has 0 saturated carbocycles. The first-order valence-corrected chi connectivity index (χ1v) is 11.5. The van der Waals surface area contributed by atoms with Gasteiger partial charge < -0.3 is 14.6 Å². The molecule has 1 saturated heterocycles. The fourth-order valence-electron chi connectivity index (χ4n) is 3.96. The first kappa shape index (κ1) is 21.6. The number of nitrogens with two attached hydrogens (primary N) is 1. The number of rotatable bonds is 4. The number of carbonyl (C=O) groups is 2. The van der Waals surface area contributed by atoms with E-state index in [2.05, 4.69) is 4.98 Å². The molecule has 0 aliphatic carbocycles. The number of primary sulfonamides is 1. The standard InChI is InChI=1S/C23H17N3O7S/c24-34(30,31)16-4-2-15(3-5-16)26-20(13-7-9-25-10-8-13)19(22(28)23(26)29)21(27)14-1-6-17-18(11-14)33-12-32-17/h1-11,20,27H,12H2,(H2,24,30,31)/b21-19-. The lowest BCUT2D eigenvalue weighted by Gasteiger charge is -2.25. The lowest BCUT2D eigenvalue weighted by molar-refractivity contribution is -0.132. The van der Waals surface area contributed by atoms with E-state index in [1.807, 2.05) is 0 Å². The predicted molar refractivity (Wildman–Crippen MR) is 119 cm³/mol. The number of nitrogens with zero attached hydrogens (tertiary/aromatic N) is 2. The van der Waals surface area contributed by atoms with E-state index in [0.29, 0.717) is 17.1 Å². The predicted octanol–water partition coefficient (Wildman–Crippen LogP) is 2.08. The molecule has 0 spiro atoms. The van der Waals surface area contributed by atoms with Crippen molar-refractivity contribution in [3.63, 3.8) is 0 Å². The van der Waals surface area contributed by atoms with E-state index in [0.717, 1.165) is 0 Å². The molecule has 5 rings (SSSR count). The SMILES string of the molecule is NS(=O)(=O)c1ccc(N2C(=O)C(=O)/C(=C(\O)c3ccc4c(c3)OCO4)C2c2ccncc2)cc1. The Labute approximate surface area is 193 Å². The molecule has 2 aromatic carbocycles. The number of aromatic nitrogens is 1. The molecule has 172 valence electrons. The maximum Gasteiger partial charge on any atom is 0.300 e. The first-order valence-electron chi connectivity index (χ1n) is 9.99. The number of pyridine rings is 1. The lowest BCUT2D eigenvalue weighted by Crippen LogP contribution is -2.29. The zero-order chi connectivity index (χ0) is 24.0. The van der Waals surface area contributed by atoms with Crippen LogP contribution in [-0.2, 0) is 19.6 Å². The number of ketones is 1. The molecular weight excluding hydrogens is 462 g/mol. The van der Waals surface area contributed by atoms with E-state index in [1.165, 1.54) is 47.6 Å². The Morgan fingerprint density at radius 1 is 1.00 bits per heavy atom. The van der Waals surface area contributed by atoms with Gasteiger partial charge in [0.2, 0.25) is 16.8 Å². The van der Waals surface area contributed by atoms with Gasteiger partial charge in [-0.3, -0.25) is 19.5 Å². The van der Waals surface area contributed by atoms with Crippen LogP contribution in [0.3, 0.4) is 0 Å². The number of aliphatic hydroxyl groups is 1. The fourth-order valence-corrected chi connectivity index (χ4v) is 4.47. The largest absolute Gasteiger partial charge is 0.507 e. The van der Waals surface area contributed by atoms with Gasteiger partial charge in [0.25, 0.3) is 11.7 Å². The summed E-state index contributed by atoms with van der Waals surface area (Å²) in [6, 6.07) is 12.2. The van der Waals surface area contributed by atoms with Gasteiger partial charge in [0.15, 0.2) is 11.5 Å². The summed E-state index contributed by atoms with van der Waals surface area (Å²) in [5, 5.41) is 16.3. The zero-order valence-corrected chi connectivity index (χ0v) is 18.2. The van der Waals surface area contributed by atoms with E-state index >= 15 is 0 Å². The summed E-state index contributed by atoms with van der Waals surface area (Å²) in [5.41, 5.74) is 0.907. The summed E-state index contributed by atoms with van der Waals surface area (Å²) in [5.74, 6) is -1.27. The topological polar surface area (TPSA) is 149 Å². The van der Waals surface area contributed by atoms with Crippen LogP contribution in [-0.4, -0.2) is 37.0 Å². The van der Waals surface area contributed by atoms with Crippen molar-refractivity contribution in [2.24, 2.45) is 5.14 Å². The van der Waals surface area contributed by atoms with Gasteiger partial charge in [-0.2, -0.15) is 0 Å². The Kier molecular flexibility index (Phi) is 5.07. The highest BCUT2D eigenvalue weighted by molar-refractivity contribution is 7.89. The Hall–Kier alpha value is -4.22. The Morgan fingerprint density at radius 3 is 2.35 bits per heavy atom. The average Bonchev–Trinajstić information content (AvgIpc) is 3.41. The molecule has 1 amide bonds. The molecule has 3 aromatic rings. The molecule has 1 unspecified atom stereocenters. The molecular formula is C23H17N3O7S. The van der Waals surface area contributed by atoms with Crippen LogP contribution in [0.4, 0.5) is 5.69 Å². The third-order valence-electron chi connectivity index (χ3n) is 5.56. The number of aliphatic hydroxyl groups excluding tert-OH is 1. The van der Waals surface area contributed by atoms with Crippen LogP contribution in [0.25, 0.3) is 5.76 Å². The molecule has 3 heterocycles. The van der Waals surface area contributed by atoms with Gasteiger partial charge in [0, 0.05) is 23.6 Å². The van der Waals surface area contributed by atoms with Gasteiger partial charge >= 0.3 is 0 Å². The molecule has 0 radical (unpaired) electrons. The summed E-state index contributed by atoms with van der Waals surface area (Å²) in [7, 11) is -3.95. The second kappa shape index (κ2) is 7.97. The van der Waals surface area contributed by atoms with Gasteiger partial charge in [-0.1, -0.05) is 0 Å². The molecule has 3 N–H and O–H groups in total. The van der Waals surface area contributed by atoms with Gasteiger partial charge in [0.1, 0.15) is 5.76 Å². The number of hydrogen-bond donors (Lipinski definition) is 2. The fraction of sp³-hybridized carbons (Fsp3) is 0.0870. The lowest BCUT2D eigenvalue weighted by atomic mass is 9.95. The highest BCUT2D eigenvalue weighted by Gasteiger charge is 2.47. The van der Waals surface area contributed by atoms with Crippen LogP contribution in [0.1, 0.15) is 17.2 Å². The number of ether oxygens (including phenoxy) is 2. The van der Waals surface area contributed by atoms with Crippen LogP contribution >= 0.6 is 0 Å². The zero-order valence-electron chi connectivity index (χ0n) is 17.4. The summed E-state index contributed by atoms with van der Waals surface area (Å²) in [6.07, 6.45) is 3.00. The second-order valence-electron chi connectivity index (χ2n) is 7.56. The van der Waals surface area contributed by atoms with Crippen LogP contribution in [0.2, 0.25) is 0 Å². The van der Waals surface area contributed by atoms with Gasteiger partial charge in [-0.05, 0) is 60.2 Å². The molecule has 1 fully saturated rings. The number of hydrogen-bond acceptors (Lipinski definition) is 8. The van der Waals surface area contributed by atoms with Gasteiger partial charge in [-0.15, -0.1) is 0 Å². The van der Waals surface area contributed by atoms with Crippen LogP contribution in [0, 0.1) is 0 Å². The first-order chi connectivity index (χ1) is 16.3. The van der Waals surface area contributed by atoms with Crippen molar-refractivity contribution >= 4 is 33.2 Å². The van der Waals surface area contributed by atoms with Crippen LogP contribution in [0.5, 0.6) is 11.5 Å². The quantitative estimate of drug-likeness (QED) is 0.328. The number of benzene rings is 2. The van der Waals surface area contributed by atoms with Crippen LogP contribution < -0.4 is 19.5 Å². The number of Topliss-reactive ketones (excluding diaryl/α,β-unsaturated/α-hetero) is 1. The van der Waals surface area contributed by atoms with E-state index in [1.54, 1.807) is 24.3 Å².